The first kappa shape index (κ1) is 17.1. The Kier molecular flexibility index (Phi) is 5.83. The van der Waals surface area contributed by atoms with Gasteiger partial charge in [0.1, 0.15) is 5.75 Å². The van der Waals surface area contributed by atoms with Crippen molar-refractivity contribution in [3.8, 4) is 5.75 Å². The standard InChI is InChI=1S/C13H17F3N2O3/c1-3-21-9-4-5-11(10(8-9)13(14,15)16)17-12(20)18(2)6-7-19/h4-5,8,19H,3,6-7H2,1-2H3,(H,17,20). The zero-order valence-corrected chi connectivity index (χ0v) is 11.7. The van der Waals surface area contributed by atoms with Crippen LogP contribution in [-0.2, 0) is 6.18 Å². The fourth-order valence-electron chi connectivity index (χ4n) is 1.59. The number of carbonyl (C=O) groups is 1. The van der Waals surface area contributed by atoms with Gasteiger partial charge in [0.15, 0.2) is 0 Å². The number of carbonyl (C=O) groups excluding carboxylic acids is 1. The molecule has 118 valence electrons. The highest BCUT2D eigenvalue weighted by Crippen LogP contribution is 2.37. The topological polar surface area (TPSA) is 61.8 Å². The number of anilines is 1. The van der Waals surface area contributed by atoms with Crippen molar-refractivity contribution in [1.82, 2.24) is 4.90 Å². The Hall–Kier alpha value is -1.96. The van der Waals surface area contributed by atoms with E-state index < -0.39 is 17.8 Å². The second kappa shape index (κ2) is 7.16. The number of nitrogens with one attached hydrogen (secondary N) is 1. The van der Waals surface area contributed by atoms with E-state index in [0.717, 1.165) is 17.0 Å². The summed E-state index contributed by atoms with van der Waals surface area (Å²) in [5.74, 6) is 0.0755. The summed E-state index contributed by atoms with van der Waals surface area (Å²) in [6, 6.07) is 2.59. The molecular weight excluding hydrogens is 289 g/mol. The molecule has 2 N–H and O–H groups in total. The molecule has 0 fully saturated rings. The third-order valence-electron chi connectivity index (χ3n) is 2.63. The van der Waals surface area contributed by atoms with E-state index >= 15 is 0 Å². The molecule has 1 rings (SSSR count). The molecule has 0 saturated carbocycles. The van der Waals surface area contributed by atoms with Gasteiger partial charge >= 0.3 is 12.2 Å². The second-order valence-corrected chi connectivity index (χ2v) is 4.21. The van der Waals surface area contributed by atoms with Crippen LogP contribution in [-0.4, -0.2) is 42.8 Å². The minimum absolute atomic E-state index is 0.0181. The second-order valence-electron chi connectivity index (χ2n) is 4.21. The van der Waals surface area contributed by atoms with Crippen molar-refractivity contribution in [3.63, 3.8) is 0 Å². The number of amides is 2. The molecule has 5 nitrogen and oxygen atoms in total. The van der Waals surface area contributed by atoms with E-state index in [1.807, 2.05) is 0 Å². The smallest absolute Gasteiger partial charge is 0.418 e. The van der Waals surface area contributed by atoms with Crippen LogP contribution in [0, 0.1) is 0 Å². The van der Waals surface area contributed by atoms with E-state index in [4.69, 9.17) is 9.84 Å². The minimum atomic E-state index is -4.62. The Balaban J connectivity index is 3.03. The van der Waals surface area contributed by atoms with Crippen LogP contribution in [0.25, 0.3) is 0 Å². The lowest BCUT2D eigenvalue weighted by Gasteiger charge is -2.19. The van der Waals surface area contributed by atoms with Gasteiger partial charge in [-0.3, -0.25) is 0 Å². The molecule has 0 aliphatic heterocycles. The third-order valence-corrected chi connectivity index (χ3v) is 2.63. The molecule has 0 spiro atoms. The highest BCUT2D eigenvalue weighted by atomic mass is 19.4. The molecule has 21 heavy (non-hydrogen) atoms. The van der Waals surface area contributed by atoms with Gasteiger partial charge in [-0.25, -0.2) is 4.79 Å². The van der Waals surface area contributed by atoms with Crippen molar-refractivity contribution in [2.24, 2.45) is 0 Å². The van der Waals surface area contributed by atoms with E-state index in [9.17, 15) is 18.0 Å². The molecule has 0 bridgehead atoms. The van der Waals surface area contributed by atoms with Crippen molar-refractivity contribution in [2.75, 3.05) is 32.1 Å². The van der Waals surface area contributed by atoms with Crippen molar-refractivity contribution in [3.05, 3.63) is 23.8 Å². The summed E-state index contributed by atoms with van der Waals surface area (Å²) in [5, 5.41) is 10.9. The maximum Gasteiger partial charge on any atom is 0.418 e. The van der Waals surface area contributed by atoms with Crippen molar-refractivity contribution < 1.29 is 27.8 Å². The quantitative estimate of drug-likeness (QED) is 0.879. The Morgan fingerprint density at radius 1 is 1.43 bits per heavy atom. The highest BCUT2D eigenvalue weighted by Gasteiger charge is 2.34. The van der Waals surface area contributed by atoms with Crippen LogP contribution < -0.4 is 10.1 Å². The number of aliphatic hydroxyl groups is 1. The molecule has 0 aliphatic carbocycles. The maximum absolute atomic E-state index is 13.0. The predicted molar refractivity (Wildman–Crippen MR) is 71.3 cm³/mol. The van der Waals surface area contributed by atoms with Gasteiger partial charge in [0.2, 0.25) is 0 Å². The third kappa shape index (κ3) is 4.82. The van der Waals surface area contributed by atoms with Crippen LogP contribution in [0.2, 0.25) is 0 Å². The lowest BCUT2D eigenvalue weighted by Crippen LogP contribution is -2.34. The van der Waals surface area contributed by atoms with Crippen LogP contribution in [0.1, 0.15) is 12.5 Å². The Labute approximate surface area is 120 Å². The van der Waals surface area contributed by atoms with Gasteiger partial charge in [-0.1, -0.05) is 0 Å². The van der Waals surface area contributed by atoms with Crippen molar-refractivity contribution >= 4 is 11.7 Å². The van der Waals surface area contributed by atoms with Crippen LogP contribution in [0.3, 0.4) is 0 Å². The van der Waals surface area contributed by atoms with Gasteiger partial charge in [0.25, 0.3) is 0 Å². The van der Waals surface area contributed by atoms with E-state index in [0.29, 0.717) is 0 Å². The Bertz CT molecular complexity index is 492. The minimum Gasteiger partial charge on any atom is -0.494 e. The molecule has 0 atom stereocenters. The molecule has 0 aromatic heterocycles. The molecule has 8 heteroatoms. The number of benzene rings is 1. The first-order valence-corrected chi connectivity index (χ1v) is 6.26. The molecule has 2 amide bonds. The number of ether oxygens (including phenoxy) is 1. The van der Waals surface area contributed by atoms with Gasteiger partial charge in [0, 0.05) is 13.6 Å². The number of halogens is 3. The molecule has 1 aromatic rings. The van der Waals surface area contributed by atoms with Crippen molar-refractivity contribution in [1.29, 1.82) is 0 Å². The predicted octanol–water partition coefficient (Wildman–Crippen LogP) is 2.56. The fourth-order valence-corrected chi connectivity index (χ4v) is 1.59. The summed E-state index contributed by atoms with van der Waals surface area (Å²) >= 11 is 0. The maximum atomic E-state index is 13.0. The number of urea groups is 1. The number of rotatable bonds is 5. The summed E-state index contributed by atoms with van der Waals surface area (Å²) in [5.41, 5.74) is -1.35. The summed E-state index contributed by atoms with van der Waals surface area (Å²) in [4.78, 5) is 12.8. The van der Waals surface area contributed by atoms with Gasteiger partial charge in [-0.15, -0.1) is 0 Å². The van der Waals surface area contributed by atoms with Crippen LogP contribution >= 0.6 is 0 Å². The molecule has 0 aliphatic rings. The van der Waals surface area contributed by atoms with Gasteiger partial charge in [-0.05, 0) is 25.1 Å². The monoisotopic (exact) mass is 306 g/mol. The van der Waals surface area contributed by atoms with E-state index in [-0.39, 0.29) is 31.2 Å². The average Bonchev–Trinajstić information content (AvgIpc) is 2.39. The Morgan fingerprint density at radius 2 is 2.10 bits per heavy atom. The van der Waals surface area contributed by atoms with Crippen LogP contribution in [0.15, 0.2) is 18.2 Å². The summed E-state index contributed by atoms with van der Waals surface area (Å²) in [7, 11) is 1.37. The van der Waals surface area contributed by atoms with E-state index in [1.165, 1.54) is 13.1 Å². The normalized spacial score (nSPS) is 11.1. The van der Waals surface area contributed by atoms with E-state index in [2.05, 4.69) is 5.32 Å². The Morgan fingerprint density at radius 3 is 2.62 bits per heavy atom. The molecule has 0 unspecified atom stereocenters. The molecule has 0 heterocycles. The molecule has 0 radical (unpaired) electrons. The van der Waals surface area contributed by atoms with Gasteiger partial charge < -0.3 is 20.1 Å². The molecular formula is C13H17F3N2O3. The summed E-state index contributed by atoms with van der Waals surface area (Å²) < 4.78 is 44.1. The largest absolute Gasteiger partial charge is 0.494 e. The van der Waals surface area contributed by atoms with Crippen LogP contribution in [0.5, 0.6) is 5.75 Å². The number of alkyl halides is 3. The lowest BCUT2D eigenvalue weighted by atomic mass is 10.1. The number of nitrogens with zero attached hydrogens (tertiary/aromatic N) is 1. The fraction of sp³-hybridized carbons (Fsp3) is 0.462. The molecule has 1 aromatic carbocycles. The zero-order valence-electron chi connectivity index (χ0n) is 11.7. The van der Waals surface area contributed by atoms with Gasteiger partial charge in [-0.2, -0.15) is 13.2 Å². The number of aliphatic hydroxyl groups excluding tert-OH is 1. The van der Waals surface area contributed by atoms with Crippen LogP contribution in [0.4, 0.5) is 23.7 Å². The SMILES string of the molecule is CCOc1ccc(NC(=O)N(C)CCO)c(C(F)(F)F)c1. The summed E-state index contributed by atoms with van der Waals surface area (Å²) in [6.07, 6.45) is -4.62. The summed E-state index contributed by atoms with van der Waals surface area (Å²) in [6.45, 7) is 1.64. The van der Waals surface area contributed by atoms with Crippen molar-refractivity contribution in [2.45, 2.75) is 13.1 Å². The average molecular weight is 306 g/mol. The lowest BCUT2D eigenvalue weighted by molar-refractivity contribution is -0.137. The van der Waals surface area contributed by atoms with Gasteiger partial charge in [0.05, 0.1) is 24.5 Å². The first-order valence-electron chi connectivity index (χ1n) is 6.26. The van der Waals surface area contributed by atoms with E-state index in [1.54, 1.807) is 6.92 Å². The number of hydrogen-bond donors (Lipinski definition) is 2. The number of hydrogen-bond acceptors (Lipinski definition) is 3. The highest BCUT2D eigenvalue weighted by molar-refractivity contribution is 5.90. The molecule has 0 saturated heterocycles. The number of likely N-dealkylation sites (N-methyl/N-ethyl adjacent to an activating group) is 1. The zero-order chi connectivity index (χ0) is 16.0. The first-order chi connectivity index (χ1) is 9.79.